The summed E-state index contributed by atoms with van der Waals surface area (Å²) in [5, 5.41) is 6.35. The zero-order valence-electron chi connectivity index (χ0n) is 14.7. The first-order chi connectivity index (χ1) is 13.3. The molecular formula is C20H17N7. The maximum Gasteiger partial charge on any atom is 0.229 e. The van der Waals surface area contributed by atoms with E-state index in [1.807, 2.05) is 55.5 Å². The summed E-state index contributed by atoms with van der Waals surface area (Å²) in [6.07, 6.45) is 3.38. The SMILES string of the molecule is Cc1cccc(-c2nccc(Nc3ccnc(Nc4ccccc4)n3)n2)n1. The molecule has 4 rings (SSSR count). The van der Waals surface area contributed by atoms with Gasteiger partial charge >= 0.3 is 0 Å². The van der Waals surface area contributed by atoms with Gasteiger partial charge in [0, 0.05) is 23.8 Å². The highest BCUT2D eigenvalue weighted by Crippen LogP contribution is 2.18. The van der Waals surface area contributed by atoms with E-state index in [2.05, 4.69) is 35.6 Å². The molecule has 0 fully saturated rings. The molecule has 0 amide bonds. The smallest absolute Gasteiger partial charge is 0.229 e. The minimum absolute atomic E-state index is 0.501. The van der Waals surface area contributed by atoms with Gasteiger partial charge in [0.25, 0.3) is 0 Å². The Morgan fingerprint density at radius 1 is 0.667 bits per heavy atom. The number of aryl methyl sites for hydroxylation is 1. The maximum atomic E-state index is 4.53. The lowest BCUT2D eigenvalue weighted by Crippen LogP contribution is -2.02. The van der Waals surface area contributed by atoms with Gasteiger partial charge in [-0.1, -0.05) is 24.3 Å². The van der Waals surface area contributed by atoms with Gasteiger partial charge < -0.3 is 10.6 Å². The van der Waals surface area contributed by atoms with Crippen LogP contribution in [0.25, 0.3) is 11.5 Å². The first-order valence-electron chi connectivity index (χ1n) is 8.45. The van der Waals surface area contributed by atoms with Crippen LogP contribution in [-0.2, 0) is 0 Å². The number of hydrogen-bond donors (Lipinski definition) is 2. The van der Waals surface area contributed by atoms with Crippen molar-refractivity contribution in [2.75, 3.05) is 10.6 Å². The summed E-state index contributed by atoms with van der Waals surface area (Å²) in [5.74, 6) is 2.32. The van der Waals surface area contributed by atoms with Crippen LogP contribution < -0.4 is 10.6 Å². The van der Waals surface area contributed by atoms with Crippen LogP contribution in [0.15, 0.2) is 73.1 Å². The average Bonchev–Trinajstić information content (AvgIpc) is 2.69. The maximum absolute atomic E-state index is 4.53. The average molecular weight is 355 g/mol. The van der Waals surface area contributed by atoms with Gasteiger partial charge in [0.15, 0.2) is 5.82 Å². The van der Waals surface area contributed by atoms with Crippen LogP contribution in [0.2, 0.25) is 0 Å². The lowest BCUT2D eigenvalue weighted by atomic mass is 10.3. The summed E-state index contributed by atoms with van der Waals surface area (Å²) in [7, 11) is 0. The second kappa shape index (κ2) is 7.57. The molecule has 2 N–H and O–H groups in total. The van der Waals surface area contributed by atoms with Gasteiger partial charge in [-0.3, -0.25) is 0 Å². The van der Waals surface area contributed by atoms with E-state index in [-0.39, 0.29) is 0 Å². The largest absolute Gasteiger partial charge is 0.325 e. The Morgan fingerprint density at radius 3 is 2.26 bits per heavy atom. The first kappa shape index (κ1) is 16.6. The summed E-state index contributed by atoms with van der Waals surface area (Å²) in [6, 6.07) is 19.1. The number of rotatable bonds is 5. The Labute approximate surface area is 156 Å². The second-order valence-corrected chi connectivity index (χ2v) is 5.81. The van der Waals surface area contributed by atoms with Crippen LogP contribution in [0, 0.1) is 6.92 Å². The number of nitrogens with zero attached hydrogens (tertiary/aromatic N) is 5. The molecule has 3 heterocycles. The van der Waals surface area contributed by atoms with Gasteiger partial charge in [0.2, 0.25) is 5.95 Å². The van der Waals surface area contributed by atoms with E-state index in [0.29, 0.717) is 23.4 Å². The van der Waals surface area contributed by atoms with Gasteiger partial charge in [0.1, 0.15) is 17.3 Å². The van der Waals surface area contributed by atoms with Gasteiger partial charge in [-0.15, -0.1) is 0 Å². The van der Waals surface area contributed by atoms with Crippen molar-refractivity contribution in [3.63, 3.8) is 0 Å². The number of hydrogen-bond acceptors (Lipinski definition) is 7. The standard InChI is InChI=1S/C20H17N7/c1-14-6-5-9-16(23-14)19-21-12-10-17(26-19)25-18-11-13-22-20(27-18)24-15-7-3-2-4-8-15/h2-13H,1H3,(H2,21,22,24,25,26,27). The van der Waals surface area contributed by atoms with Crippen molar-refractivity contribution in [3.8, 4) is 11.5 Å². The van der Waals surface area contributed by atoms with Crippen molar-refractivity contribution < 1.29 is 0 Å². The highest BCUT2D eigenvalue weighted by atomic mass is 15.2. The van der Waals surface area contributed by atoms with Gasteiger partial charge in [0.05, 0.1) is 0 Å². The first-order valence-corrected chi connectivity index (χ1v) is 8.45. The molecule has 1 aromatic carbocycles. The molecule has 7 heteroatoms. The fourth-order valence-electron chi connectivity index (χ4n) is 2.49. The third kappa shape index (κ3) is 4.21. The fraction of sp³-hybridized carbons (Fsp3) is 0.0500. The molecule has 0 aliphatic heterocycles. The van der Waals surface area contributed by atoms with E-state index < -0.39 is 0 Å². The number of benzene rings is 1. The lowest BCUT2D eigenvalue weighted by Gasteiger charge is -2.08. The third-order valence-electron chi connectivity index (χ3n) is 3.71. The van der Waals surface area contributed by atoms with Crippen molar-refractivity contribution in [1.29, 1.82) is 0 Å². The molecule has 0 atom stereocenters. The van der Waals surface area contributed by atoms with Crippen LogP contribution >= 0.6 is 0 Å². The molecule has 0 aliphatic carbocycles. The van der Waals surface area contributed by atoms with Crippen LogP contribution in [0.5, 0.6) is 0 Å². The van der Waals surface area contributed by atoms with E-state index in [9.17, 15) is 0 Å². The molecule has 0 radical (unpaired) electrons. The highest BCUT2D eigenvalue weighted by Gasteiger charge is 2.06. The van der Waals surface area contributed by atoms with Crippen molar-refractivity contribution >= 4 is 23.3 Å². The van der Waals surface area contributed by atoms with Crippen LogP contribution in [0.3, 0.4) is 0 Å². The quantitative estimate of drug-likeness (QED) is 0.556. The molecule has 0 bridgehead atoms. The zero-order valence-corrected chi connectivity index (χ0v) is 14.7. The molecule has 0 saturated carbocycles. The Hall–Kier alpha value is -3.87. The zero-order chi connectivity index (χ0) is 18.5. The Balaban J connectivity index is 1.54. The molecule has 0 spiro atoms. The minimum Gasteiger partial charge on any atom is -0.325 e. The Bertz CT molecular complexity index is 1050. The monoisotopic (exact) mass is 355 g/mol. The number of nitrogens with one attached hydrogen (secondary N) is 2. The molecule has 0 unspecified atom stereocenters. The Morgan fingerprint density at radius 2 is 1.44 bits per heavy atom. The van der Waals surface area contributed by atoms with Crippen LogP contribution in [-0.4, -0.2) is 24.9 Å². The molecule has 0 saturated heterocycles. The third-order valence-corrected chi connectivity index (χ3v) is 3.71. The van der Waals surface area contributed by atoms with Crippen LogP contribution in [0.1, 0.15) is 5.69 Å². The summed E-state index contributed by atoms with van der Waals surface area (Å²) in [4.78, 5) is 22.0. The van der Waals surface area contributed by atoms with Gasteiger partial charge in [-0.25, -0.2) is 19.9 Å². The molecular weight excluding hydrogens is 338 g/mol. The number of aromatic nitrogens is 5. The van der Waals surface area contributed by atoms with Crippen LogP contribution in [0.4, 0.5) is 23.3 Å². The molecule has 3 aromatic heterocycles. The molecule has 7 nitrogen and oxygen atoms in total. The second-order valence-electron chi connectivity index (χ2n) is 5.81. The van der Waals surface area contributed by atoms with E-state index in [1.54, 1.807) is 24.5 Å². The fourth-order valence-corrected chi connectivity index (χ4v) is 2.49. The minimum atomic E-state index is 0.501. The van der Waals surface area contributed by atoms with Crippen molar-refractivity contribution in [2.24, 2.45) is 0 Å². The Kier molecular flexibility index (Phi) is 4.65. The lowest BCUT2D eigenvalue weighted by molar-refractivity contribution is 1.11. The van der Waals surface area contributed by atoms with E-state index in [1.165, 1.54) is 0 Å². The van der Waals surface area contributed by atoms with Crippen molar-refractivity contribution in [1.82, 2.24) is 24.9 Å². The summed E-state index contributed by atoms with van der Waals surface area (Å²) >= 11 is 0. The van der Waals surface area contributed by atoms with Gasteiger partial charge in [-0.2, -0.15) is 4.98 Å². The molecule has 27 heavy (non-hydrogen) atoms. The molecule has 4 aromatic rings. The highest BCUT2D eigenvalue weighted by molar-refractivity contribution is 5.59. The summed E-state index contributed by atoms with van der Waals surface area (Å²) in [5.41, 5.74) is 2.57. The normalized spacial score (nSPS) is 10.4. The van der Waals surface area contributed by atoms with Crippen molar-refractivity contribution in [3.05, 3.63) is 78.8 Å². The van der Waals surface area contributed by atoms with Gasteiger partial charge in [-0.05, 0) is 43.3 Å². The van der Waals surface area contributed by atoms with E-state index in [4.69, 9.17) is 0 Å². The topological polar surface area (TPSA) is 88.5 Å². The van der Waals surface area contributed by atoms with E-state index in [0.717, 1.165) is 17.1 Å². The predicted octanol–water partition coefficient (Wildman–Crippen LogP) is 4.12. The summed E-state index contributed by atoms with van der Waals surface area (Å²) < 4.78 is 0. The molecule has 132 valence electrons. The number of para-hydroxylation sites is 1. The predicted molar refractivity (Wildman–Crippen MR) is 105 cm³/mol. The van der Waals surface area contributed by atoms with E-state index >= 15 is 0 Å². The summed E-state index contributed by atoms with van der Waals surface area (Å²) in [6.45, 7) is 1.94. The number of pyridine rings is 1. The van der Waals surface area contributed by atoms with Crippen molar-refractivity contribution in [2.45, 2.75) is 6.92 Å². The molecule has 0 aliphatic rings. The number of anilines is 4.